The van der Waals surface area contributed by atoms with Gasteiger partial charge in [0.1, 0.15) is 5.82 Å². The largest absolute Gasteiger partial charge is 0.352 e. The fourth-order valence-electron chi connectivity index (χ4n) is 2.14. The van der Waals surface area contributed by atoms with Crippen LogP contribution in [0.1, 0.15) is 32.8 Å². The van der Waals surface area contributed by atoms with Crippen LogP contribution >= 0.6 is 0 Å². The highest BCUT2D eigenvalue weighted by Gasteiger charge is 2.11. The summed E-state index contributed by atoms with van der Waals surface area (Å²) in [7, 11) is 0. The van der Waals surface area contributed by atoms with Gasteiger partial charge in [0.2, 0.25) is 0 Å². The first-order valence-corrected chi connectivity index (χ1v) is 6.74. The van der Waals surface area contributed by atoms with Crippen molar-refractivity contribution in [3.63, 3.8) is 0 Å². The zero-order valence-corrected chi connectivity index (χ0v) is 11.6. The van der Waals surface area contributed by atoms with Crippen molar-refractivity contribution < 1.29 is 0 Å². The minimum atomic E-state index is 0.513. The molecule has 0 atom stereocenters. The predicted octanol–water partition coefficient (Wildman–Crippen LogP) is 2.74. The fourth-order valence-corrected chi connectivity index (χ4v) is 2.14. The average Bonchev–Trinajstić information content (AvgIpc) is 2.37. The van der Waals surface area contributed by atoms with Crippen molar-refractivity contribution in [1.82, 2.24) is 10.3 Å². The monoisotopic (exact) mass is 245 g/mol. The number of anilines is 1. The molecule has 0 saturated carbocycles. The van der Waals surface area contributed by atoms with Crippen molar-refractivity contribution in [2.24, 2.45) is 0 Å². The molecule has 0 saturated heterocycles. The van der Waals surface area contributed by atoms with Crippen LogP contribution in [0.2, 0.25) is 0 Å². The first-order chi connectivity index (χ1) is 8.65. The summed E-state index contributed by atoms with van der Waals surface area (Å²) in [5.74, 6) is 1.09. The van der Waals surface area contributed by atoms with Crippen molar-refractivity contribution in [2.75, 3.05) is 18.0 Å². The van der Waals surface area contributed by atoms with Crippen molar-refractivity contribution in [2.45, 2.75) is 39.8 Å². The molecule has 0 aromatic carbocycles. The van der Waals surface area contributed by atoms with Gasteiger partial charge < -0.3 is 10.2 Å². The SMILES string of the molecule is CC1=CCCN(c2ccc(CNC(C)C)cn2)C1. The van der Waals surface area contributed by atoms with Crippen LogP contribution in [0.15, 0.2) is 30.0 Å². The Morgan fingerprint density at radius 2 is 2.22 bits per heavy atom. The summed E-state index contributed by atoms with van der Waals surface area (Å²) >= 11 is 0. The van der Waals surface area contributed by atoms with Crippen LogP contribution in [0, 0.1) is 0 Å². The lowest BCUT2D eigenvalue weighted by Gasteiger charge is -2.27. The lowest BCUT2D eigenvalue weighted by molar-refractivity contribution is 0.588. The second-order valence-corrected chi connectivity index (χ2v) is 5.32. The predicted molar refractivity (Wildman–Crippen MR) is 76.8 cm³/mol. The molecule has 1 aromatic rings. The molecule has 1 aliphatic heterocycles. The topological polar surface area (TPSA) is 28.2 Å². The number of nitrogens with one attached hydrogen (secondary N) is 1. The van der Waals surface area contributed by atoms with Gasteiger partial charge in [-0.2, -0.15) is 0 Å². The highest BCUT2D eigenvalue weighted by molar-refractivity contribution is 5.42. The van der Waals surface area contributed by atoms with E-state index in [1.165, 1.54) is 11.1 Å². The zero-order valence-electron chi connectivity index (χ0n) is 11.6. The van der Waals surface area contributed by atoms with Crippen molar-refractivity contribution in [1.29, 1.82) is 0 Å². The van der Waals surface area contributed by atoms with Gasteiger partial charge in [-0.1, -0.05) is 31.6 Å². The van der Waals surface area contributed by atoms with Crippen LogP contribution in [0.3, 0.4) is 0 Å². The van der Waals surface area contributed by atoms with Gasteiger partial charge in [0, 0.05) is 31.9 Å². The smallest absolute Gasteiger partial charge is 0.128 e. The number of nitrogens with zero attached hydrogens (tertiary/aromatic N) is 2. The van der Waals surface area contributed by atoms with Gasteiger partial charge in [0.25, 0.3) is 0 Å². The summed E-state index contributed by atoms with van der Waals surface area (Å²) in [6.07, 6.45) is 5.43. The number of aromatic nitrogens is 1. The molecular weight excluding hydrogens is 222 g/mol. The van der Waals surface area contributed by atoms with Gasteiger partial charge in [-0.05, 0) is 25.0 Å². The van der Waals surface area contributed by atoms with Crippen LogP contribution in [-0.4, -0.2) is 24.1 Å². The Kier molecular flexibility index (Phi) is 4.37. The van der Waals surface area contributed by atoms with Gasteiger partial charge in [0.05, 0.1) is 0 Å². The summed E-state index contributed by atoms with van der Waals surface area (Å²) in [6, 6.07) is 4.82. The molecule has 0 spiro atoms. The average molecular weight is 245 g/mol. The third-order valence-electron chi connectivity index (χ3n) is 3.18. The summed E-state index contributed by atoms with van der Waals surface area (Å²) in [4.78, 5) is 6.92. The highest BCUT2D eigenvalue weighted by Crippen LogP contribution is 2.17. The maximum absolute atomic E-state index is 4.57. The first-order valence-electron chi connectivity index (χ1n) is 6.74. The van der Waals surface area contributed by atoms with Gasteiger partial charge >= 0.3 is 0 Å². The molecule has 3 heteroatoms. The number of pyridine rings is 1. The summed E-state index contributed by atoms with van der Waals surface area (Å²) in [5, 5.41) is 3.41. The summed E-state index contributed by atoms with van der Waals surface area (Å²) in [5.41, 5.74) is 2.69. The van der Waals surface area contributed by atoms with E-state index in [1.807, 2.05) is 6.20 Å². The molecule has 3 nitrogen and oxygen atoms in total. The molecular formula is C15H23N3. The van der Waals surface area contributed by atoms with Gasteiger partial charge in [-0.25, -0.2) is 4.98 Å². The molecule has 0 bridgehead atoms. The second kappa shape index (κ2) is 6.01. The lowest BCUT2D eigenvalue weighted by Crippen LogP contribution is -2.29. The van der Waals surface area contributed by atoms with Crippen molar-refractivity contribution in [3.05, 3.63) is 35.5 Å². The Hall–Kier alpha value is -1.35. The van der Waals surface area contributed by atoms with Crippen LogP contribution in [0.5, 0.6) is 0 Å². The molecule has 1 N–H and O–H groups in total. The fraction of sp³-hybridized carbons (Fsp3) is 0.533. The molecule has 98 valence electrons. The Labute approximate surface area is 110 Å². The van der Waals surface area contributed by atoms with Crippen molar-refractivity contribution in [3.8, 4) is 0 Å². The molecule has 1 aliphatic rings. The third-order valence-corrected chi connectivity index (χ3v) is 3.18. The number of hydrogen-bond donors (Lipinski definition) is 1. The van der Waals surface area contributed by atoms with E-state index >= 15 is 0 Å². The molecule has 0 radical (unpaired) electrons. The van der Waals surface area contributed by atoms with E-state index in [4.69, 9.17) is 0 Å². The standard InChI is InChI=1S/C15H23N3/c1-12(2)16-9-14-6-7-15(17-10-14)18-8-4-5-13(3)11-18/h5-7,10,12,16H,4,8-9,11H2,1-3H3. The van der Waals surface area contributed by atoms with E-state index in [0.717, 1.165) is 31.9 Å². The normalized spacial score (nSPS) is 16.0. The van der Waals surface area contributed by atoms with E-state index in [1.54, 1.807) is 0 Å². The zero-order chi connectivity index (χ0) is 13.0. The second-order valence-electron chi connectivity index (χ2n) is 5.32. The van der Waals surface area contributed by atoms with E-state index in [0.29, 0.717) is 6.04 Å². The molecule has 0 aliphatic carbocycles. The number of rotatable bonds is 4. The molecule has 0 amide bonds. The quantitative estimate of drug-likeness (QED) is 0.827. The van der Waals surface area contributed by atoms with E-state index in [2.05, 4.69) is 54.2 Å². The summed E-state index contributed by atoms with van der Waals surface area (Å²) in [6.45, 7) is 9.48. The van der Waals surface area contributed by atoms with E-state index < -0.39 is 0 Å². The van der Waals surface area contributed by atoms with Crippen LogP contribution < -0.4 is 10.2 Å². The Balaban J connectivity index is 1.97. The van der Waals surface area contributed by atoms with E-state index in [-0.39, 0.29) is 0 Å². The maximum Gasteiger partial charge on any atom is 0.128 e. The minimum Gasteiger partial charge on any atom is -0.352 e. The van der Waals surface area contributed by atoms with Gasteiger partial charge in [-0.3, -0.25) is 0 Å². The molecule has 0 unspecified atom stereocenters. The summed E-state index contributed by atoms with van der Waals surface area (Å²) < 4.78 is 0. The minimum absolute atomic E-state index is 0.513. The first kappa shape index (κ1) is 13.1. The van der Waals surface area contributed by atoms with Crippen molar-refractivity contribution >= 4 is 5.82 Å². The molecule has 2 rings (SSSR count). The maximum atomic E-state index is 4.57. The molecule has 0 fully saturated rings. The molecule has 1 aromatic heterocycles. The van der Waals surface area contributed by atoms with Crippen LogP contribution in [-0.2, 0) is 6.54 Å². The van der Waals surface area contributed by atoms with Crippen LogP contribution in [0.4, 0.5) is 5.82 Å². The van der Waals surface area contributed by atoms with E-state index in [9.17, 15) is 0 Å². The highest BCUT2D eigenvalue weighted by atomic mass is 15.2. The molecule has 18 heavy (non-hydrogen) atoms. The Bertz CT molecular complexity index is 406. The van der Waals surface area contributed by atoms with Gasteiger partial charge in [-0.15, -0.1) is 0 Å². The molecule has 2 heterocycles. The Morgan fingerprint density at radius 3 is 2.83 bits per heavy atom. The van der Waals surface area contributed by atoms with Gasteiger partial charge in [0.15, 0.2) is 0 Å². The third kappa shape index (κ3) is 3.57. The lowest BCUT2D eigenvalue weighted by atomic mass is 10.1. The van der Waals surface area contributed by atoms with Crippen LogP contribution in [0.25, 0.3) is 0 Å². The number of hydrogen-bond acceptors (Lipinski definition) is 3. The Morgan fingerprint density at radius 1 is 1.39 bits per heavy atom.